The normalized spacial score (nSPS) is 16.8. The molecule has 0 bridgehead atoms. The molecule has 0 amide bonds. The van der Waals surface area contributed by atoms with E-state index in [1.807, 2.05) is 12.4 Å². The van der Waals surface area contributed by atoms with Gasteiger partial charge in [-0.3, -0.25) is 10.1 Å². The lowest BCUT2D eigenvalue weighted by molar-refractivity contribution is 0.0967. The Morgan fingerprint density at radius 3 is 2.64 bits per heavy atom. The van der Waals surface area contributed by atoms with Crippen molar-refractivity contribution >= 4 is 28.4 Å². The summed E-state index contributed by atoms with van der Waals surface area (Å²) in [6.07, 6.45) is 5.49. The topological polar surface area (TPSA) is 83.7 Å². The smallest absolute Gasteiger partial charge is 0.183 e. The molecule has 3 rings (SSSR count). The standard InChI is InChI=1S/C15H15N3O3S/c1-22-15(17-8-16)18-11-7-13-12(20-4-5-21-13)6-10(11)14(19)9-2-3-9/h6-7,9H,2-5H2,1H3,(H,17,18). The number of ketones is 1. The van der Waals surface area contributed by atoms with Gasteiger partial charge >= 0.3 is 0 Å². The van der Waals surface area contributed by atoms with Crippen LogP contribution in [0.2, 0.25) is 0 Å². The zero-order valence-corrected chi connectivity index (χ0v) is 12.9. The van der Waals surface area contributed by atoms with Gasteiger partial charge in [0, 0.05) is 17.5 Å². The van der Waals surface area contributed by atoms with Gasteiger partial charge in [-0.05, 0) is 25.2 Å². The summed E-state index contributed by atoms with van der Waals surface area (Å²) >= 11 is 1.30. The first-order valence-electron chi connectivity index (χ1n) is 6.98. The predicted octanol–water partition coefficient (Wildman–Crippen LogP) is 2.47. The summed E-state index contributed by atoms with van der Waals surface area (Å²) in [4.78, 5) is 16.9. The van der Waals surface area contributed by atoms with E-state index in [4.69, 9.17) is 14.7 Å². The van der Waals surface area contributed by atoms with Crippen molar-refractivity contribution in [1.82, 2.24) is 5.32 Å². The van der Waals surface area contributed by atoms with Crippen molar-refractivity contribution in [3.63, 3.8) is 0 Å². The second-order valence-corrected chi connectivity index (χ2v) is 5.80. The Hall–Kier alpha value is -2.20. The van der Waals surface area contributed by atoms with Gasteiger partial charge < -0.3 is 9.47 Å². The van der Waals surface area contributed by atoms with Crippen molar-refractivity contribution in [3.05, 3.63) is 17.7 Å². The van der Waals surface area contributed by atoms with Crippen LogP contribution in [0.15, 0.2) is 17.1 Å². The highest BCUT2D eigenvalue weighted by Gasteiger charge is 2.33. The SMILES string of the molecule is CSC(=Nc1cc2c(cc1C(=O)C1CC1)OCCO2)NC#N. The number of carbonyl (C=O) groups is 1. The van der Waals surface area contributed by atoms with E-state index in [1.54, 1.807) is 12.1 Å². The first-order chi connectivity index (χ1) is 10.7. The molecule has 0 unspecified atom stereocenters. The molecular weight excluding hydrogens is 302 g/mol. The van der Waals surface area contributed by atoms with Crippen molar-refractivity contribution in [2.24, 2.45) is 10.9 Å². The monoisotopic (exact) mass is 317 g/mol. The summed E-state index contributed by atoms with van der Waals surface area (Å²) in [7, 11) is 0. The lowest BCUT2D eigenvalue weighted by Gasteiger charge is -2.20. The molecule has 0 atom stereocenters. The van der Waals surface area contributed by atoms with Gasteiger partial charge in [-0.2, -0.15) is 5.26 Å². The van der Waals surface area contributed by atoms with Crippen molar-refractivity contribution in [2.45, 2.75) is 12.8 Å². The van der Waals surface area contributed by atoms with E-state index in [-0.39, 0.29) is 11.7 Å². The van der Waals surface area contributed by atoms with Crippen molar-refractivity contribution in [3.8, 4) is 17.7 Å². The van der Waals surface area contributed by atoms with Crippen LogP contribution in [-0.4, -0.2) is 30.4 Å². The van der Waals surface area contributed by atoms with Gasteiger partial charge in [0.05, 0.1) is 5.69 Å². The molecule has 0 radical (unpaired) electrons. The Morgan fingerprint density at radius 1 is 1.36 bits per heavy atom. The molecule has 1 N–H and O–H groups in total. The van der Waals surface area contributed by atoms with Gasteiger partial charge in [0.2, 0.25) is 0 Å². The van der Waals surface area contributed by atoms with Crippen LogP contribution in [0, 0.1) is 17.4 Å². The van der Waals surface area contributed by atoms with E-state index in [0.717, 1.165) is 12.8 Å². The third-order valence-corrected chi connectivity index (χ3v) is 4.03. The van der Waals surface area contributed by atoms with E-state index < -0.39 is 0 Å². The van der Waals surface area contributed by atoms with Crippen LogP contribution in [-0.2, 0) is 0 Å². The molecule has 1 aliphatic carbocycles. The first kappa shape index (κ1) is 14.7. The number of nitrogens with zero attached hydrogens (tertiary/aromatic N) is 2. The average Bonchev–Trinajstić information content (AvgIpc) is 3.38. The Labute approximate surface area is 132 Å². The van der Waals surface area contributed by atoms with Crippen LogP contribution < -0.4 is 14.8 Å². The fraction of sp³-hybridized carbons (Fsp3) is 0.400. The number of nitrogens with one attached hydrogen (secondary N) is 1. The Kier molecular flexibility index (Phi) is 4.20. The maximum Gasteiger partial charge on any atom is 0.183 e. The summed E-state index contributed by atoms with van der Waals surface area (Å²) in [5.74, 6) is 1.31. The summed E-state index contributed by atoms with van der Waals surface area (Å²) in [5.41, 5.74) is 1.03. The first-order valence-corrected chi connectivity index (χ1v) is 8.21. The quantitative estimate of drug-likeness (QED) is 0.303. The summed E-state index contributed by atoms with van der Waals surface area (Å²) in [6, 6.07) is 3.41. The van der Waals surface area contributed by atoms with Gasteiger partial charge in [-0.1, -0.05) is 11.8 Å². The maximum atomic E-state index is 12.5. The number of Topliss-reactive ketones (excluding diaryl/α,β-unsaturated/α-hetero) is 1. The van der Waals surface area contributed by atoms with Crippen LogP contribution in [0.4, 0.5) is 5.69 Å². The molecule has 1 saturated carbocycles. The van der Waals surface area contributed by atoms with Crippen LogP contribution in [0.1, 0.15) is 23.2 Å². The third kappa shape index (κ3) is 3.02. The molecule has 114 valence electrons. The van der Waals surface area contributed by atoms with Crippen LogP contribution in [0.3, 0.4) is 0 Å². The lowest BCUT2D eigenvalue weighted by Crippen LogP contribution is -2.17. The van der Waals surface area contributed by atoms with Gasteiger partial charge in [0.15, 0.2) is 28.6 Å². The van der Waals surface area contributed by atoms with Gasteiger partial charge in [-0.25, -0.2) is 4.99 Å². The Balaban J connectivity index is 2.05. The zero-order valence-electron chi connectivity index (χ0n) is 12.1. The molecule has 7 heteroatoms. The molecule has 1 heterocycles. The minimum atomic E-state index is 0.0770. The van der Waals surface area contributed by atoms with Crippen molar-refractivity contribution < 1.29 is 14.3 Å². The number of hydrogen-bond acceptors (Lipinski definition) is 6. The number of carbonyl (C=O) groups excluding carboxylic acids is 1. The largest absolute Gasteiger partial charge is 0.486 e. The van der Waals surface area contributed by atoms with Crippen molar-refractivity contribution in [1.29, 1.82) is 5.26 Å². The van der Waals surface area contributed by atoms with Gasteiger partial charge in [-0.15, -0.1) is 0 Å². The number of aliphatic imine (C=N–C) groups is 1. The molecule has 6 nitrogen and oxygen atoms in total. The van der Waals surface area contributed by atoms with Gasteiger partial charge in [0.25, 0.3) is 0 Å². The number of hydrogen-bond donors (Lipinski definition) is 1. The molecule has 22 heavy (non-hydrogen) atoms. The molecule has 1 aromatic rings. The number of benzene rings is 1. The second kappa shape index (κ2) is 6.28. The minimum absolute atomic E-state index is 0.0770. The molecule has 1 fully saturated rings. The fourth-order valence-corrected chi connectivity index (χ4v) is 2.55. The van der Waals surface area contributed by atoms with Crippen molar-refractivity contribution in [2.75, 3.05) is 19.5 Å². The summed E-state index contributed by atoms with van der Waals surface area (Å²) < 4.78 is 11.1. The molecule has 1 aromatic carbocycles. The maximum absolute atomic E-state index is 12.5. The fourth-order valence-electron chi connectivity index (χ4n) is 2.22. The highest BCUT2D eigenvalue weighted by Crippen LogP contribution is 2.41. The number of thioether (sulfide) groups is 1. The zero-order chi connectivity index (χ0) is 15.5. The second-order valence-electron chi connectivity index (χ2n) is 5.01. The van der Waals surface area contributed by atoms with E-state index in [9.17, 15) is 4.79 Å². The number of rotatable bonds is 3. The Bertz CT molecular complexity index is 677. The number of amidine groups is 1. The van der Waals surface area contributed by atoms with E-state index in [1.165, 1.54) is 11.8 Å². The van der Waals surface area contributed by atoms with Gasteiger partial charge in [0.1, 0.15) is 13.2 Å². The van der Waals surface area contributed by atoms with Crippen LogP contribution in [0.25, 0.3) is 0 Å². The van der Waals surface area contributed by atoms with Crippen LogP contribution >= 0.6 is 11.8 Å². The third-order valence-electron chi connectivity index (χ3n) is 3.45. The highest BCUT2D eigenvalue weighted by atomic mass is 32.2. The Morgan fingerprint density at radius 2 is 2.05 bits per heavy atom. The molecule has 1 aliphatic heterocycles. The number of ether oxygens (including phenoxy) is 2. The molecule has 0 aromatic heterocycles. The number of fused-ring (bicyclic) bond motifs is 1. The molecular formula is C15H15N3O3S. The molecule has 2 aliphatic rings. The molecule has 0 saturated heterocycles. The number of nitriles is 1. The summed E-state index contributed by atoms with van der Waals surface area (Å²) in [6.45, 7) is 0.941. The predicted molar refractivity (Wildman–Crippen MR) is 83.8 cm³/mol. The lowest BCUT2D eigenvalue weighted by atomic mass is 10.0. The highest BCUT2D eigenvalue weighted by molar-refractivity contribution is 8.13. The molecule has 0 spiro atoms. The minimum Gasteiger partial charge on any atom is -0.486 e. The van der Waals surface area contributed by atoms with E-state index in [2.05, 4.69) is 10.3 Å². The van der Waals surface area contributed by atoms with Crippen LogP contribution in [0.5, 0.6) is 11.5 Å². The summed E-state index contributed by atoms with van der Waals surface area (Å²) in [5, 5.41) is 11.7. The average molecular weight is 317 g/mol. The van der Waals surface area contributed by atoms with E-state index >= 15 is 0 Å². The van der Waals surface area contributed by atoms with E-state index in [0.29, 0.717) is 41.1 Å².